The summed E-state index contributed by atoms with van der Waals surface area (Å²) >= 11 is 0. The van der Waals surface area contributed by atoms with Gasteiger partial charge in [-0.1, -0.05) is 6.42 Å². The zero-order valence-corrected chi connectivity index (χ0v) is 13.7. The van der Waals surface area contributed by atoms with Gasteiger partial charge in [0.15, 0.2) is 0 Å². The number of rotatable bonds is 7. The van der Waals surface area contributed by atoms with E-state index in [9.17, 15) is 5.11 Å². The summed E-state index contributed by atoms with van der Waals surface area (Å²) in [6.45, 7) is 3.08. The average molecular weight is 314 g/mol. The van der Waals surface area contributed by atoms with Crippen molar-refractivity contribution in [2.24, 2.45) is 17.8 Å². The predicted octanol–water partition coefficient (Wildman–Crippen LogP) is 2.71. The second-order valence-corrected chi connectivity index (χ2v) is 7.14. The molecule has 0 unspecified atom stereocenters. The van der Waals surface area contributed by atoms with Gasteiger partial charge < -0.3 is 15.2 Å². The number of fused-ring (bicyclic) bond motifs is 2. The smallest absolute Gasteiger partial charge is 0.119 e. The lowest BCUT2D eigenvalue weighted by atomic mass is 9.84. The van der Waals surface area contributed by atoms with Crippen LogP contribution in [0.1, 0.15) is 38.2 Å². The predicted molar refractivity (Wildman–Crippen MR) is 89.1 cm³/mol. The van der Waals surface area contributed by atoms with Crippen LogP contribution in [0.4, 0.5) is 0 Å². The van der Waals surface area contributed by atoms with Gasteiger partial charge in [0.25, 0.3) is 0 Å². The molecule has 2 saturated carbocycles. The molecule has 124 valence electrons. The average Bonchev–Trinajstić information content (AvgIpc) is 3.21. The van der Waals surface area contributed by atoms with Gasteiger partial charge in [0.05, 0.1) is 11.6 Å². The maximum Gasteiger partial charge on any atom is 0.119 e. The molecule has 2 fully saturated rings. The first-order valence-corrected chi connectivity index (χ1v) is 8.70. The summed E-state index contributed by atoms with van der Waals surface area (Å²) in [7, 11) is 0. The van der Waals surface area contributed by atoms with E-state index in [1.165, 1.54) is 25.7 Å². The topological polar surface area (TPSA) is 65.3 Å². The SMILES string of the molecule is C[C@H](NC[C@H](O)COc1ccc(C#N)cc1)[C@H]1C[C@H]2CC[C@H]1C2. The maximum absolute atomic E-state index is 10.1. The molecule has 4 nitrogen and oxygen atoms in total. The van der Waals surface area contributed by atoms with Crippen molar-refractivity contribution in [3.05, 3.63) is 29.8 Å². The van der Waals surface area contributed by atoms with Crippen molar-refractivity contribution in [1.29, 1.82) is 5.26 Å². The van der Waals surface area contributed by atoms with Crippen LogP contribution in [-0.2, 0) is 0 Å². The molecule has 1 aromatic rings. The van der Waals surface area contributed by atoms with Crippen molar-refractivity contribution in [1.82, 2.24) is 5.32 Å². The number of aliphatic hydroxyl groups excluding tert-OH is 1. The number of nitrogens with one attached hydrogen (secondary N) is 1. The molecule has 0 aliphatic heterocycles. The minimum Gasteiger partial charge on any atom is -0.491 e. The van der Waals surface area contributed by atoms with Gasteiger partial charge >= 0.3 is 0 Å². The second-order valence-electron chi connectivity index (χ2n) is 7.14. The molecule has 0 saturated heterocycles. The number of aliphatic hydroxyl groups is 1. The first kappa shape index (κ1) is 16.3. The van der Waals surface area contributed by atoms with Gasteiger partial charge in [0.2, 0.25) is 0 Å². The molecule has 0 amide bonds. The van der Waals surface area contributed by atoms with Crippen LogP contribution >= 0.6 is 0 Å². The highest BCUT2D eigenvalue weighted by molar-refractivity contribution is 5.34. The summed E-state index contributed by atoms with van der Waals surface area (Å²) in [6.07, 6.45) is 5.07. The molecular formula is C19H26N2O2. The Labute approximate surface area is 138 Å². The highest BCUT2D eigenvalue weighted by Gasteiger charge is 2.41. The molecule has 4 heteroatoms. The van der Waals surface area contributed by atoms with E-state index >= 15 is 0 Å². The largest absolute Gasteiger partial charge is 0.491 e. The summed E-state index contributed by atoms with van der Waals surface area (Å²) in [5.41, 5.74) is 0.610. The summed E-state index contributed by atoms with van der Waals surface area (Å²) < 4.78 is 5.57. The van der Waals surface area contributed by atoms with Crippen LogP contribution in [-0.4, -0.2) is 30.4 Å². The van der Waals surface area contributed by atoms with Crippen molar-refractivity contribution >= 4 is 0 Å². The van der Waals surface area contributed by atoms with Gasteiger partial charge in [0, 0.05) is 12.6 Å². The molecule has 0 heterocycles. The fourth-order valence-electron chi connectivity index (χ4n) is 4.26. The van der Waals surface area contributed by atoms with E-state index < -0.39 is 6.10 Å². The highest BCUT2D eigenvalue weighted by Crippen LogP contribution is 2.49. The Bertz CT molecular complexity index is 551. The molecule has 23 heavy (non-hydrogen) atoms. The Hall–Kier alpha value is -1.57. The van der Waals surface area contributed by atoms with E-state index in [0.717, 1.165) is 17.8 Å². The number of hydrogen-bond acceptors (Lipinski definition) is 4. The van der Waals surface area contributed by atoms with E-state index in [-0.39, 0.29) is 6.61 Å². The lowest BCUT2D eigenvalue weighted by molar-refractivity contribution is 0.0993. The van der Waals surface area contributed by atoms with Gasteiger partial charge in [0.1, 0.15) is 18.5 Å². The first-order chi connectivity index (χ1) is 11.2. The van der Waals surface area contributed by atoms with Crippen molar-refractivity contribution in [3.63, 3.8) is 0 Å². The van der Waals surface area contributed by atoms with Crippen LogP contribution < -0.4 is 10.1 Å². The molecule has 0 aromatic heterocycles. The Morgan fingerprint density at radius 1 is 1.30 bits per heavy atom. The van der Waals surface area contributed by atoms with Crippen molar-refractivity contribution in [2.75, 3.05) is 13.2 Å². The zero-order valence-electron chi connectivity index (χ0n) is 13.7. The van der Waals surface area contributed by atoms with Crippen LogP contribution in [0.25, 0.3) is 0 Å². The summed E-state index contributed by atoms with van der Waals surface area (Å²) in [6, 6.07) is 9.50. The van der Waals surface area contributed by atoms with Crippen LogP contribution in [0.2, 0.25) is 0 Å². The van der Waals surface area contributed by atoms with E-state index in [0.29, 0.717) is 23.9 Å². The second kappa shape index (κ2) is 7.33. The standard InChI is InChI=1S/C19H26N2O2/c1-13(19-9-15-2-5-16(19)8-15)21-11-17(22)12-23-18-6-3-14(10-20)4-7-18/h3-4,6-7,13,15-17,19,21-22H,2,5,8-9,11-12H2,1H3/t13-,15-,16-,17-,19+/m0/s1. The maximum atomic E-state index is 10.1. The summed E-state index contributed by atoms with van der Waals surface area (Å²) in [5, 5.41) is 22.3. The third-order valence-electron chi connectivity index (χ3n) is 5.54. The van der Waals surface area contributed by atoms with Crippen molar-refractivity contribution in [3.8, 4) is 11.8 Å². The third kappa shape index (κ3) is 4.04. The van der Waals surface area contributed by atoms with E-state index in [1.54, 1.807) is 24.3 Å². The first-order valence-electron chi connectivity index (χ1n) is 8.70. The molecule has 1 aromatic carbocycles. The number of ether oxygens (including phenoxy) is 1. The molecule has 0 radical (unpaired) electrons. The molecule has 3 rings (SSSR count). The Balaban J connectivity index is 1.37. The molecule has 2 aliphatic carbocycles. The molecule has 5 atom stereocenters. The van der Waals surface area contributed by atoms with Gasteiger partial charge in [-0.15, -0.1) is 0 Å². The minimum absolute atomic E-state index is 0.266. The van der Waals surface area contributed by atoms with Crippen LogP contribution in [0.3, 0.4) is 0 Å². The minimum atomic E-state index is -0.522. The monoisotopic (exact) mass is 314 g/mol. The Morgan fingerprint density at radius 3 is 2.70 bits per heavy atom. The van der Waals surface area contributed by atoms with Crippen LogP contribution in [0.5, 0.6) is 5.75 Å². The fraction of sp³-hybridized carbons (Fsp3) is 0.632. The number of hydrogen-bond donors (Lipinski definition) is 2. The van der Waals surface area contributed by atoms with E-state index in [2.05, 4.69) is 18.3 Å². The summed E-state index contributed by atoms with van der Waals surface area (Å²) in [4.78, 5) is 0. The number of nitriles is 1. The van der Waals surface area contributed by atoms with Gasteiger partial charge in [-0.3, -0.25) is 0 Å². The third-order valence-corrected chi connectivity index (χ3v) is 5.54. The lowest BCUT2D eigenvalue weighted by Gasteiger charge is -2.29. The van der Waals surface area contributed by atoms with Gasteiger partial charge in [-0.05, 0) is 68.2 Å². The lowest BCUT2D eigenvalue weighted by Crippen LogP contribution is -2.41. The Morgan fingerprint density at radius 2 is 2.09 bits per heavy atom. The zero-order chi connectivity index (χ0) is 16.2. The molecule has 0 spiro atoms. The normalized spacial score (nSPS) is 28.3. The fourth-order valence-corrected chi connectivity index (χ4v) is 4.26. The molecular weight excluding hydrogens is 288 g/mol. The van der Waals surface area contributed by atoms with Crippen LogP contribution in [0, 0.1) is 29.1 Å². The Kier molecular flexibility index (Phi) is 5.20. The molecule has 2 N–H and O–H groups in total. The molecule has 2 aliphatic rings. The highest BCUT2D eigenvalue weighted by atomic mass is 16.5. The van der Waals surface area contributed by atoms with Gasteiger partial charge in [-0.25, -0.2) is 0 Å². The van der Waals surface area contributed by atoms with Crippen molar-refractivity contribution in [2.45, 2.75) is 44.8 Å². The number of nitrogens with zero attached hydrogens (tertiary/aromatic N) is 1. The summed E-state index contributed by atoms with van der Waals surface area (Å²) in [5.74, 6) is 3.32. The van der Waals surface area contributed by atoms with Gasteiger partial charge in [-0.2, -0.15) is 5.26 Å². The number of benzene rings is 1. The van der Waals surface area contributed by atoms with Crippen molar-refractivity contribution < 1.29 is 9.84 Å². The van der Waals surface area contributed by atoms with Crippen LogP contribution in [0.15, 0.2) is 24.3 Å². The molecule has 2 bridgehead atoms. The quantitative estimate of drug-likeness (QED) is 0.812. The van der Waals surface area contributed by atoms with E-state index in [1.807, 2.05) is 0 Å². The van der Waals surface area contributed by atoms with E-state index in [4.69, 9.17) is 10.00 Å².